The molecule has 1 N–H and O–H groups in total. The average molecular weight is 535 g/mol. The summed E-state index contributed by atoms with van der Waals surface area (Å²) in [5.74, 6) is 2.26. The van der Waals surface area contributed by atoms with E-state index in [1.165, 1.54) is 64.0 Å². The van der Waals surface area contributed by atoms with E-state index in [1.807, 2.05) is 30.0 Å². The van der Waals surface area contributed by atoms with Crippen molar-refractivity contribution in [2.24, 2.45) is 5.92 Å². The fourth-order valence-corrected chi connectivity index (χ4v) is 6.39. The lowest BCUT2D eigenvalue weighted by atomic mass is 9.88. The second kappa shape index (κ2) is 12.5. The van der Waals surface area contributed by atoms with Gasteiger partial charge in [0.05, 0.1) is 10.6 Å². The van der Waals surface area contributed by atoms with Crippen LogP contribution in [0, 0.1) is 24.2 Å². The summed E-state index contributed by atoms with van der Waals surface area (Å²) in [5.41, 5.74) is 3.38. The molecule has 3 saturated heterocycles. The zero-order chi connectivity index (χ0) is 26.5. The number of ether oxygens (including phenoxy) is 1. The number of rotatable bonds is 6. The molecule has 0 aromatic heterocycles. The summed E-state index contributed by atoms with van der Waals surface area (Å²) in [5, 5.41) is 13.1. The molecule has 0 bridgehead atoms. The van der Waals surface area contributed by atoms with Gasteiger partial charge in [-0.3, -0.25) is 4.79 Å². The lowest BCUT2D eigenvalue weighted by Gasteiger charge is -2.35. The van der Waals surface area contributed by atoms with E-state index < -0.39 is 0 Å². The average Bonchev–Trinajstić information content (AvgIpc) is 2.97. The molecule has 0 unspecified atom stereocenters. The van der Waals surface area contributed by atoms with Crippen LogP contribution in [0.25, 0.3) is 0 Å². The Hall–Kier alpha value is -2.59. The number of likely N-dealkylation sites (tertiary alicyclic amines) is 2. The molecule has 2 aromatic rings. The van der Waals surface area contributed by atoms with Gasteiger partial charge in [0.25, 0.3) is 5.91 Å². The summed E-state index contributed by atoms with van der Waals surface area (Å²) in [6.45, 7) is 9.18. The van der Waals surface area contributed by atoms with Crippen LogP contribution in [-0.4, -0.2) is 67.6 Å². The standard InChI is InChI=1S/C31H39ClN4O2/c1-22-29(7-6-27(20-33)30(22)32)38-28-12-18-36(19-13-28)31(37)26-4-2-24(3-5-26)25-10-16-35(17-11-25)21-23-8-14-34-15-9-23/h2-7,23,25,28,34H,8-19,21H2,1H3. The molecule has 3 aliphatic heterocycles. The minimum Gasteiger partial charge on any atom is -0.490 e. The van der Waals surface area contributed by atoms with Crippen molar-refractivity contribution in [2.75, 3.05) is 45.8 Å². The Kier molecular flexibility index (Phi) is 8.89. The number of amides is 1. The third-order valence-corrected chi connectivity index (χ3v) is 9.16. The maximum Gasteiger partial charge on any atom is 0.253 e. The molecule has 202 valence electrons. The van der Waals surface area contributed by atoms with Crippen molar-refractivity contribution in [3.8, 4) is 11.8 Å². The number of piperidine rings is 3. The third-order valence-electron chi connectivity index (χ3n) is 8.67. The van der Waals surface area contributed by atoms with Gasteiger partial charge in [-0.25, -0.2) is 0 Å². The maximum absolute atomic E-state index is 13.2. The molecule has 0 aliphatic carbocycles. The predicted octanol–water partition coefficient (Wildman–Crippen LogP) is 5.38. The van der Waals surface area contributed by atoms with Crippen LogP contribution in [-0.2, 0) is 0 Å². The SMILES string of the molecule is Cc1c(OC2CCN(C(=O)c3ccc(C4CCN(CC5CCNCC5)CC4)cc3)CC2)ccc(C#N)c1Cl. The number of carbonyl (C=O) groups is 1. The quantitative estimate of drug-likeness (QED) is 0.538. The van der Waals surface area contributed by atoms with Crippen molar-refractivity contribution in [1.29, 1.82) is 5.26 Å². The van der Waals surface area contributed by atoms with E-state index >= 15 is 0 Å². The molecule has 3 heterocycles. The second-order valence-electron chi connectivity index (χ2n) is 11.2. The number of nitrogens with one attached hydrogen (secondary N) is 1. The first kappa shape index (κ1) is 27.0. The zero-order valence-corrected chi connectivity index (χ0v) is 23.2. The van der Waals surface area contributed by atoms with Crippen LogP contribution < -0.4 is 10.1 Å². The lowest BCUT2D eigenvalue weighted by molar-refractivity contribution is 0.0594. The summed E-state index contributed by atoms with van der Waals surface area (Å²) in [7, 11) is 0. The smallest absolute Gasteiger partial charge is 0.253 e. The first-order chi connectivity index (χ1) is 18.5. The molecule has 2 aromatic carbocycles. The van der Waals surface area contributed by atoms with Crippen molar-refractivity contribution in [3.63, 3.8) is 0 Å². The van der Waals surface area contributed by atoms with Gasteiger partial charge in [0.1, 0.15) is 17.9 Å². The van der Waals surface area contributed by atoms with E-state index in [2.05, 4.69) is 28.4 Å². The summed E-state index contributed by atoms with van der Waals surface area (Å²) in [6, 6.07) is 14.0. The molecule has 5 rings (SSSR count). The van der Waals surface area contributed by atoms with Gasteiger partial charge in [-0.1, -0.05) is 23.7 Å². The van der Waals surface area contributed by atoms with Gasteiger partial charge in [-0.2, -0.15) is 5.26 Å². The molecular weight excluding hydrogens is 496 g/mol. The van der Waals surface area contributed by atoms with Crippen molar-refractivity contribution >= 4 is 17.5 Å². The molecule has 0 spiro atoms. The van der Waals surface area contributed by atoms with Crippen molar-refractivity contribution < 1.29 is 9.53 Å². The fraction of sp³-hybridized carbons (Fsp3) is 0.548. The normalized spacial score (nSPS) is 20.3. The van der Waals surface area contributed by atoms with Gasteiger partial charge in [0.15, 0.2) is 0 Å². The Morgan fingerprint density at radius 3 is 2.34 bits per heavy atom. The third kappa shape index (κ3) is 6.34. The maximum atomic E-state index is 13.2. The van der Waals surface area contributed by atoms with Crippen LogP contribution in [0.3, 0.4) is 0 Å². The first-order valence-electron chi connectivity index (χ1n) is 14.2. The van der Waals surface area contributed by atoms with Gasteiger partial charge in [-0.05, 0) is 100 Å². The number of halogens is 1. The topological polar surface area (TPSA) is 68.6 Å². The summed E-state index contributed by atoms with van der Waals surface area (Å²) < 4.78 is 6.20. The number of carbonyl (C=O) groups excluding carboxylic acids is 1. The molecule has 38 heavy (non-hydrogen) atoms. The van der Waals surface area contributed by atoms with Crippen LogP contribution in [0.15, 0.2) is 36.4 Å². The van der Waals surface area contributed by atoms with E-state index in [0.29, 0.717) is 35.3 Å². The highest BCUT2D eigenvalue weighted by molar-refractivity contribution is 6.32. The van der Waals surface area contributed by atoms with E-state index in [9.17, 15) is 4.79 Å². The van der Waals surface area contributed by atoms with Crippen LogP contribution in [0.1, 0.15) is 71.5 Å². The van der Waals surface area contributed by atoms with Crippen LogP contribution >= 0.6 is 11.6 Å². The van der Waals surface area contributed by atoms with E-state index in [0.717, 1.165) is 29.9 Å². The Bertz CT molecular complexity index is 1140. The van der Waals surface area contributed by atoms with E-state index in [-0.39, 0.29) is 12.0 Å². The second-order valence-corrected chi connectivity index (χ2v) is 11.5. The Morgan fingerprint density at radius 1 is 1.00 bits per heavy atom. The molecule has 0 saturated carbocycles. The lowest BCUT2D eigenvalue weighted by Crippen LogP contribution is -2.41. The molecule has 1 amide bonds. The van der Waals surface area contributed by atoms with E-state index in [1.54, 1.807) is 6.07 Å². The first-order valence-corrected chi connectivity index (χ1v) is 14.6. The minimum atomic E-state index is 0.0322. The molecule has 6 nitrogen and oxygen atoms in total. The number of hydrogen-bond donors (Lipinski definition) is 1. The summed E-state index contributed by atoms with van der Waals surface area (Å²) >= 11 is 6.29. The summed E-state index contributed by atoms with van der Waals surface area (Å²) in [6.07, 6.45) is 6.61. The van der Waals surface area contributed by atoms with Crippen molar-refractivity contribution in [2.45, 2.75) is 57.5 Å². The molecule has 3 aliphatic rings. The highest BCUT2D eigenvalue weighted by Gasteiger charge is 2.27. The largest absolute Gasteiger partial charge is 0.490 e. The highest BCUT2D eigenvalue weighted by atomic mass is 35.5. The Labute approximate surface area is 231 Å². The van der Waals surface area contributed by atoms with Crippen LogP contribution in [0.5, 0.6) is 5.75 Å². The van der Waals surface area contributed by atoms with Gasteiger partial charge < -0.3 is 19.9 Å². The molecule has 0 atom stereocenters. The Morgan fingerprint density at radius 2 is 1.68 bits per heavy atom. The van der Waals surface area contributed by atoms with E-state index in [4.69, 9.17) is 21.6 Å². The van der Waals surface area contributed by atoms with Crippen LogP contribution in [0.4, 0.5) is 0 Å². The molecule has 0 radical (unpaired) electrons. The number of benzene rings is 2. The van der Waals surface area contributed by atoms with Crippen molar-refractivity contribution in [1.82, 2.24) is 15.1 Å². The van der Waals surface area contributed by atoms with Crippen LogP contribution in [0.2, 0.25) is 5.02 Å². The molecule has 3 fully saturated rings. The highest BCUT2D eigenvalue weighted by Crippen LogP contribution is 2.32. The Balaban J connectivity index is 1.09. The van der Waals surface area contributed by atoms with Gasteiger partial charge in [0, 0.05) is 43.6 Å². The number of nitrogens with zero attached hydrogens (tertiary/aromatic N) is 3. The van der Waals surface area contributed by atoms with Gasteiger partial charge in [0.2, 0.25) is 0 Å². The molecule has 7 heteroatoms. The summed E-state index contributed by atoms with van der Waals surface area (Å²) in [4.78, 5) is 17.8. The predicted molar refractivity (Wildman–Crippen MR) is 151 cm³/mol. The minimum absolute atomic E-state index is 0.0322. The molecular formula is C31H39ClN4O2. The van der Waals surface area contributed by atoms with Gasteiger partial charge in [-0.15, -0.1) is 0 Å². The monoisotopic (exact) mass is 534 g/mol. The fourth-order valence-electron chi connectivity index (χ4n) is 6.20. The van der Waals surface area contributed by atoms with Crippen molar-refractivity contribution in [3.05, 3.63) is 63.7 Å². The number of nitriles is 1. The number of hydrogen-bond acceptors (Lipinski definition) is 5. The zero-order valence-electron chi connectivity index (χ0n) is 22.4. The van der Waals surface area contributed by atoms with Gasteiger partial charge >= 0.3 is 0 Å².